The van der Waals surface area contributed by atoms with Crippen LogP contribution < -0.4 is 0 Å². The van der Waals surface area contributed by atoms with Crippen LogP contribution in [-0.2, 0) is 4.74 Å². The summed E-state index contributed by atoms with van der Waals surface area (Å²) in [7, 11) is 1.74. The maximum absolute atomic E-state index is 5.84. The fourth-order valence-electron chi connectivity index (χ4n) is 1.31. The Morgan fingerprint density at radius 3 is 2.83 bits per heavy atom. The molecule has 0 amide bonds. The summed E-state index contributed by atoms with van der Waals surface area (Å²) in [6.07, 6.45) is 8.55. The number of rotatable bonds is 4. The summed E-state index contributed by atoms with van der Waals surface area (Å²) in [6, 6.07) is 0. The van der Waals surface area contributed by atoms with Gasteiger partial charge in [0, 0.05) is 18.7 Å². The average Bonchev–Trinajstić information content (AvgIpc) is 2.09. The van der Waals surface area contributed by atoms with Crippen molar-refractivity contribution in [3.8, 4) is 0 Å². The summed E-state index contributed by atoms with van der Waals surface area (Å²) in [5.41, 5.74) is 1.50. The summed E-state index contributed by atoms with van der Waals surface area (Å²) in [5, 5.41) is 0.977. The summed E-state index contributed by atoms with van der Waals surface area (Å²) in [4.78, 5) is 0. The van der Waals surface area contributed by atoms with Gasteiger partial charge in [0.15, 0.2) is 0 Å². The molecule has 1 rings (SSSR count). The Morgan fingerprint density at radius 1 is 1.42 bits per heavy atom. The second-order valence-corrected chi connectivity index (χ2v) is 3.52. The zero-order chi connectivity index (χ0) is 8.81. The van der Waals surface area contributed by atoms with Gasteiger partial charge in [-0.2, -0.15) is 0 Å². The molecule has 0 aromatic rings. The van der Waals surface area contributed by atoms with Crippen molar-refractivity contribution < 1.29 is 4.74 Å². The van der Waals surface area contributed by atoms with E-state index in [1.165, 1.54) is 5.57 Å². The van der Waals surface area contributed by atoms with Crippen LogP contribution in [0, 0.1) is 0 Å². The quantitative estimate of drug-likeness (QED) is 0.613. The number of hydrogen-bond acceptors (Lipinski definition) is 1. The molecule has 0 radical (unpaired) electrons. The summed E-state index contributed by atoms with van der Waals surface area (Å²) in [5.74, 6) is 0. The molecule has 12 heavy (non-hydrogen) atoms. The molecule has 0 saturated heterocycles. The lowest BCUT2D eigenvalue weighted by molar-refractivity contribution is 0.195. The minimum absolute atomic E-state index is 0.856. The van der Waals surface area contributed by atoms with E-state index in [1.807, 2.05) is 6.08 Å². The predicted molar refractivity (Wildman–Crippen MR) is 52.4 cm³/mol. The van der Waals surface area contributed by atoms with Crippen LogP contribution in [0.2, 0.25) is 0 Å². The van der Waals surface area contributed by atoms with Crippen LogP contribution in [0.15, 0.2) is 22.8 Å². The first kappa shape index (κ1) is 9.82. The molecule has 0 N–H and O–H groups in total. The Kier molecular flexibility index (Phi) is 4.41. The summed E-state index contributed by atoms with van der Waals surface area (Å²) in [6.45, 7) is 0.856. The van der Waals surface area contributed by atoms with E-state index in [4.69, 9.17) is 16.3 Å². The number of hydrogen-bond donors (Lipinski definition) is 0. The van der Waals surface area contributed by atoms with Gasteiger partial charge >= 0.3 is 0 Å². The van der Waals surface area contributed by atoms with Crippen LogP contribution >= 0.6 is 11.6 Å². The van der Waals surface area contributed by atoms with Gasteiger partial charge in [0.05, 0.1) is 0 Å². The van der Waals surface area contributed by atoms with E-state index in [9.17, 15) is 0 Å². The molecular formula is C10H15ClO. The fraction of sp³-hybridized carbons (Fsp3) is 0.600. The Bertz CT molecular complexity index is 194. The molecule has 0 aromatic carbocycles. The predicted octanol–water partition coefficient (Wildman–Crippen LogP) is 3.26. The lowest BCUT2D eigenvalue weighted by atomic mass is 10.0. The molecule has 0 fully saturated rings. The van der Waals surface area contributed by atoms with Crippen LogP contribution in [0.5, 0.6) is 0 Å². The maximum atomic E-state index is 5.84. The average molecular weight is 187 g/mol. The van der Waals surface area contributed by atoms with Crippen LogP contribution in [0.4, 0.5) is 0 Å². The van der Waals surface area contributed by atoms with Crippen LogP contribution in [-0.4, -0.2) is 13.7 Å². The second-order valence-electron chi connectivity index (χ2n) is 3.03. The molecule has 2 heteroatoms. The van der Waals surface area contributed by atoms with Crippen LogP contribution in [0.1, 0.15) is 25.7 Å². The molecule has 68 valence electrons. The van der Waals surface area contributed by atoms with Gasteiger partial charge in [0.25, 0.3) is 0 Å². The first-order chi connectivity index (χ1) is 5.83. The van der Waals surface area contributed by atoms with Gasteiger partial charge in [-0.25, -0.2) is 0 Å². The first-order valence-corrected chi connectivity index (χ1v) is 4.74. The van der Waals surface area contributed by atoms with Gasteiger partial charge in [0.2, 0.25) is 0 Å². The highest BCUT2D eigenvalue weighted by Gasteiger charge is 2.03. The first-order valence-electron chi connectivity index (χ1n) is 4.36. The Morgan fingerprint density at radius 2 is 2.25 bits per heavy atom. The molecule has 1 nitrogen and oxygen atoms in total. The standard InChI is InChI=1S/C10H15ClO/c1-12-8-2-3-9-4-6-10(11)7-5-9/h4,6H,2-3,5,7-8H2,1H3. The Labute approximate surface area is 79.1 Å². The van der Waals surface area contributed by atoms with Crippen molar-refractivity contribution in [3.63, 3.8) is 0 Å². The third-order valence-corrected chi connectivity index (χ3v) is 2.35. The third-order valence-electron chi connectivity index (χ3n) is 2.03. The summed E-state index contributed by atoms with van der Waals surface area (Å²) < 4.78 is 4.99. The second kappa shape index (κ2) is 5.39. The van der Waals surface area contributed by atoms with E-state index in [-0.39, 0.29) is 0 Å². The number of ether oxygens (including phenoxy) is 1. The number of methoxy groups -OCH3 is 1. The van der Waals surface area contributed by atoms with Crippen molar-refractivity contribution in [3.05, 3.63) is 22.8 Å². The largest absolute Gasteiger partial charge is 0.385 e. The Hall–Kier alpha value is -0.270. The molecule has 0 bridgehead atoms. The zero-order valence-electron chi connectivity index (χ0n) is 7.48. The SMILES string of the molecule is COCCCC1=CC=C(Cl)CC1. The monoisotopic (exact) mass is 186 g/mol. The minimum atomic E-state index is 0.856. The maximum Gasteiger partial charge on any atom is 0.0465 e. The minimum Gasteiger partial charge on any atom is -0.385 e. The summed E-state index contributed by atoms with van der Waals surface area (Å²) >= 11 is 5.84. The topological polar surface area (TPSA) is 9.23 Å². The lowest BCUT2D eigenvalue weighted by Gasteiger charge is -2.10. The zero-order valence-corrected chi connectivity index (χ0v) is 8.23. The highest BCUT2D eigenvalue weighted by atomic mass is 35.5. The molecule has 0 aliphatic heterocycles. The lowest BCUT2D eigenvalue weighted by Crippen LogP contribution is -1.94. The number of halogens is 1. The van der Waals surface area contributed by atoms with E-state index >= 15 is 0 Å². The number of allylic oxidation sites excluding steroid dienone is 4. The molecule has 0 unspecified atom stereocenters. The highest BCUT2D eigenvalue weighted by molar-refractivity contribution is 6.29. The Balaban J connectivity index is 2.24. The van der Waals surface area contributed by atoms with Crippen molar-refractivity contribution >= 4 is 11.6 Å². The van der Waals surface area contributed by atoms with Crippen LogP contribution in [0.3, 0.4) is 0 Å². The van der Waals surface area contributed by atoms with Gasteiger partial charge in [-0.15, -0.1) is 0 Å². The molecule has 0 heterocycles. The molecule has 0 aromatic heterocycles. The van der Waals surface area contributed by atoms with Gasteiger partial charge in [-0.1, -0.05) is 23.3 Å². The van der Waals surface area contributed by atoms with E-state index < -0.39 is 0 Å². The van der Waals surface area contributed by atoms with Crippen molar-refractivity contribution in [2.24, 2.45) is 0 Å². The van der Waals surface area contributed by atoms with Crippen molar-refractivity contribution in [2.75, 3.05) is 13.7 Å². The highest BCUT2D eigenvalue weighted by Crippen LogP contribution is 2.23. The smallest absolute Gasteiger partial charge is 0.0465 e. The molecule has 0 atom stereocenters. The van der Waals surface area contributed by atoms with Gasteiger partial charge in [-0.3, -0.25) is 0 Å². The van der Waals surface area contributed by atoms with E-state index in [0.29, 0.717) is 0 Å². The van der Waals surface area contributed by atoms with Crippen LogP contribution in [0.25, 0.3) is 0 Å². The fourth-order valence-corrected chi connectivity index (χ4v) is 1.46. The van der Waals surface area contributed by atoms with Crippen molar-refractivity contribution in [1.29, 1.82) is 0 Å². The van der Waals surface area contributed by atoms with E-state index in [1.54, 1.807) is 7.11 Å². The van der Waals surface area contributed by atoms with Gasteiger partial charge < -0.3 is 4.74 Å². The molecule has 0 saturated carbocycles. The van der Waals surface area contributed by atoms with Crippen molar-refractivity contribution in [2.45, 2.75) is 25.7 Å². The third kappa shape index (κ3) is 3.42. The van der Waals surface area contributed by atoms with E-state index in [2.05, 4.69) is 6.08 Å². The van der Waals surface area contributed by atoms with Gasteiger partial charge in [-0.05, 0) is 31.8 Å². The van der Waals surface area contributed by atoms with Gasteiger partial charge in [0.1, 0.15) is 0 Å². The molecule has 1 aliphatic carbocycles. The molecule has 1 aliphatic rings. The van der Waals surface area contributed by atoms with E-state index in [0.717, 1.165) is 37.3 Å². The van der Waals surface area contributed by atoms with Crippen molar-refractivity contribution in [1.82, 2.24) is 0 Å². The molecular weight excluding hydrogens is 172 g/mol. The normalized spacial score (nSPS) is 17.2. The molecule has 0 spiro atoms.